The van der Waals surface area contributed by atoms with E-state index < -0.39 is 0 Å². The largest absolute Gasteiger partial charge is 0.462 e. The van der Waals surface area contributed by atoms with Crippen molar-refractivity contribution in [1.29, 1.82) is 0 Å². The van der Waals surface area contributed by atoms with Crippen molar-refractivity contribution in [2.75, 3.05) is 6.61 Å². The summed E-state index contributed by atoms with van der Waals surface area (Å²) in [6.45, 7) is 8.16. The number of carbonyl (C=O) groups excluding carboxylic acids is 1. The molecule has 0 aromatic carbocycles. The van der Waals surface area contributed by atoms with Gasteiger partial charge in [0.1, 0.15) is 0 Å². The van der Waals surface area contributed by atoms with E-state index in [1.807, 2.05) is 0 Å². The number of hydrogen-bond acceptors (Lipinski definition) is 2. The van der Waals surface area contributed by atoms with E-state index in [4.69, 9.17) is 4.74 Å². The lowest BCUT2D eigenvalue weighted by atomic mass is 9.80. The highest BCUT2D eigenvalue weighted by molar-refractivity contribution is 5.86. The number of ether oxygens (including phenoxy) is 1. The van der Waals surface area contributed by atoms with Gasteiger partial charge in [0.05, 0.1) is 6.61 Å². The molecule has 0 aromatic rings. The molecule has 0 saturated heterocycles. The van der Waals surface area contributed by atoms with Crippen LogP contribution in [0.4, 0.5) is 0 Å². The van der Waals surface area contributed by atoms with E-state index >= 15 is 0 Å². The first-order chi connectivity index (χ1) is 8.09. The van der Waals surface area contributed by atoms with E-state index in [1.54, 1.807) is 6.92 Å². The Kier molecular flexibility index (Phi) is 6.31. The molecule has 1 saturated carbocycles. The molecular formula is C15H26O2. The minimum Gasteiger partial charge on any atom is -0.462 e. The monoisotopic (exact) mass is 238 g/mol. The fourth-order valence-electron chi connectivity index (χ4n) is 2.65. The molecule has 1 aliphatic carbocycles. The SMILES string of the molecule is C=C(C)C(=O)OCCCCC1CCCC(C)C1. The third-order valence-electron chi connectivity index (χ3n) is 3.63. The average molecular weight is 238 g/mol. The fourth-order valence-corrected chi connectivity index (χ4v) is 2.65. The maximum atomic E-state index is 11.1. The van der Waals surface area contributed by atoms with Crippen molar-refractivity contribution in [2.24, 2.45) is 11.8 Å². The van der Waals surface area contributed by atoms with Crippen molar-refractivity contribution >= 4 is 5.97 Å². The Labute approximate surface area is 105 Å². The van der Waals surface area contributed by atoms with Gasteiger partial charge in [-0.15, -0.1) is 0 Å². The van der Waals surface area contributed by atoms with Gasteiger partial charge in [0.15, 0.2) is 0 Å². The van der Waals surface area contributed by atoms with Gasteiger partial charge in [-0.3, -0.25) is 0 Å². The van der Waals surface area contributed by atoms with E-state index in [1.165, 1.54) is 38.5 Å². The van der Waals surface area contributed by atoms with Crippen LogP contribution in [0.15, 0.2) is 12.2 Å². The average Bonchev–Trinajstić information content (AvgIpc) is 2.28. The van der Waals surface area contributed by atoms with Crippen LogP contribution in [0.3, 0.4) is 0 Å². The number of rotatable bonds is 6. The van der Waals surface area contributed by atoms with E-state index in [0.717, 1.165) is 18.3 Å². The van der Waals surface area contributed by atoms with Gasteiger partial charge in [0.25, 0.3) is 0 Å². The predicted molar refractivity (Wildman–Crippen MR) is 70.7 cm³/mol. The van der Waals surface area contributed by atoms with Crippen LogP contribution in [0, 0.1) is 11.8 Å². The topological polar surface area (TPSA) is 26.3 Å². The van der Waals surface area contributed by atoms with Gasteiger partial charge >= 0.3 is 5.97 Å². The third kappa shape index (κ3) is 5.90. The third-order valence-corrected chi connectivity index (χ3v) is 3.63. The number of unbranched alkanes of at least 4 members (excludes halogenated alkanes) is 1. The fraction of sp³-hybridized carbons (Fsp3) is 0.800. The lowest BCUT2D eigenvalue weighted by Gasteiger charge is -2.26. The molecular weight excluding hydrogens is 212 g/mol. The Morgan fingerprint density at radius 1 is 1.35 bits per heavy atom. The number of hydrogen-bond donors (Lipinski definition) is 0. The zero-order chi connectivity index (χ0) is 12.7. The van der Waals surface area contributed by atoms with Crippen LogP contribution in [0.1, 0.15) is 58.8 Å². The van der Waals surface area contributed by atoms with E-state index in [9.17, 15) is 4.79 Å². The maximum absolute atomic E-state index is 11.1. The van der Waals surface area contributed by atoms with Crippen LogP contribution in [0.5, 0.6) is 0 Å². The molecule has 17 heavy (non-hydrogen) atoms. The summed E-state index contributed by atoms with van der Waals surface area (Å²) in [6.07, 6.45) is 9.07. The van der Waals surface area contributed by atoms with Crippen molar-refractivity contribution in [1.82, 2.24) is 0 Å². The summed E-state index contributed by atoms with van der Waals surface area (Å²) in [5, 5.41) is 0. The Morgan fingerprint density at radius 3 is 2.76 bits per heavy atom. The molecule has 2 unspecified atom stereocenters. The lowest BCUT2D eigenvalue weighted by Crippen LogP contribution is -2.13. The van der Waals surface area contributed by atoms with E-state index in [-0.39, 0.29) is 5.97 Å². The van der Waals surface area contributed by atoms with Crippen LogP contribution in [-0.4, -0.2) is 12.6 Å². The van der Waals surface area contributed by atoms with Crippen molar-refractivity contribution < 1.29 is 9.53 Å². The molecule has 2 heteroatoms. The van der Waals surface area contributed by atoms with Crippen LogP contribution in [-0.2, 0) is 9.53 Å². The molecule has 1 fully saturated rings. The molecule has 2 nitrogen and oxygen atoms in total. The van der Waals surface area contributed by atoms with Gasteiger partial charge < -0.3 is 4.74 Å². The second-order valence-electron chi connectivity index (χ2n) is 5.55. The lowest BCUT2D eigenvalue weighted by molar-refractivity contribution is -0.139. The Hall–Kier alpha value is -0.790. The number of carbonyl (C=O) groups is 1. The Balaban J connectivity index is 2.00. The summed E-state index contributed by atoms with van der Waals surface area (Å²) in [5.41, 5.74) is 0.492. The standard InChI is InChI=1S/C15H26O2/c1-12(2)15(16)17-10-5-4-8-14-9-6-7-13(3)11-14/h13-14H,1,4-11H2,2-3H3. The van der Waals surface area contributed by atoms with Crippen LogP contribution in [0.2, 0.25) is 0 Å². The van der Waals surface area contributed by atoms with Gasteiger partial charge in [-0.05, 0) is 38.0 Å². The van der Waals surface area contributed by atoms with Crippen molar-refractivity contribution in [3.05, 3.63) is 12.2 Å². The number of esters is 1. The molecule has 0 heterocycles. The zero-order valence-corrected chi connectivity index (χ0v) is 11.3. The van der Waals surface area contributed by atoms with Gasteiger partial charge in [0.2, 0.25) is 0 Å². The van der Waals surface area contributed by atoms with Crippen molar-refractivity contribution in [3.63, 3.8) is 0 Å². The smallest absolute Gasteiger partial charge is 0.333 e. The Bertz CT molecular complexity index is 258. The van der Waals surface area contributed by atoms with Gasteiger partial charge in [-0.25, -0.2) is 4.79 Å². The highest BCUT2D eigenvalue weighted by Crippen LogP contribution is 2.31. The first-order valence-corrected chi connectivity index (χ1v) is 6.92. The molecule has 0 radical (unpaired) electrons. The van der Waals surface area contributed by atoms with E-state index in [0.29, 0.717) is 12.2 Å². The molecule has 1 aliphatic rings. The highest BCUT2D eigenvalue weighted by Gasteiger charge is 2.18. The second-order valence-corrected chi connectivity index (χ2v) is 5.55. The van der Waals surface area contributed by atoms with Gasteiger partial charge in [-0.1, -0.05) is 39.2 Å². The molecule has 2 atom stereocenters. The van der Waals surface area contributed by atoms with E-state index in [2.05, 4.69) is 13.5 Å². The summed E-state index contributed by atoms with van der Waals surface area (Å²) in [4.78, 5) is 11.1. The second kappa shape index (κ2) is 7.52. The first kappa shape index (κ1) is 14.3. The first-order valence-electron chi connectivity index (χ1n) is 6.92. The van der Waals surface area contributed by atoms with Crippen LogP contribution in [0.25, 0.3) is 0 Å². The molecule has 0 amide bonds. The molecule has 0 N–H and O–H groups in total. The molecule has 0 spiro atoms. The van der Waals surface area contributed by atoms with Crippen molar-refractivity contribution in [3.8, 4) is 0 Å². The molecule has 1 rings (SSSR count). The molecule has 0 bridgehead atoms. The maximum Gasteiger partial charge on any atom is 0.333 e. The van der Waals surface area contributed by atoms with Gasteiger partial charge in [0, 0.05) is 5.57 Å². The summed E-state index contributed by atoms with van der Waals surface area (Å²) in [7, 11) is 0. The summed E-state index contributed by atoms with van der Waals surface area (Å²) >= 11 is 0. The summed E-state index contributed by atoms with van der Waals surface area (Å²) in [6, 6.07) is 0. The summed E-state index contributed by atoms with van der Waals surface area (Å²) in [5.74, 6) is 1.57. The van der Waals surface area contributed by atoms with Crippen LogP contribution < -0.4 is 0 Å². The van der Waals surface area contributed by atoms with Gasteiger partial charge in [-0.2, -0.15) is 0 Å². The highest BCUT2D eigenvalue weighted by atomic mass is 16.5. The quantitative estimate of drug-likeness (QED) is 0.395. The van der Waals surface area contributed by atoms with Crippen molar-refractivity contribution in [2.45, 2.75) is 58.8 Å². The molecule has 98 valence electrons. The predicted octanol–water partition coefficient (Wildman–Crippen LogP) is 4.10. The molecule has 0 aliphatic heterocycles. The minimum absolute atomic E-state index is 0.253. The minimum atomic E-state index is -0.253. The zero-order valence-electron chi connectivity index (χ0n) is 11.3. The van der Waals surface area contributed by atoms with Crippen LogP contribution >= 0.6 is 0 Å². The Morgan fingerprint density at radius 2 is 2.12 bits per heavy atom. The summed E-state index contributed by atoms with van der Waals surface area (Å²) < 4.78 is 5.08. The molecule has 0 aromatic heterocycles. The normalized spacial score (nSPS) is 24.4.